The minimum absolute atomic E-state index is 0.0160. The standard InChI is InChI=1S/C10H14BN3O/c11-14-10(13)5-9(12)8-3-1-7(6-15)2-4-8/h1-5,12,14-15H,6,11,13H2/b10-5-,12-9?. The van der Waals surface area contributed by atoms with Gasteiger partial charge < -0.3 is 21.5 Å². The van der Waals surface area contributed by atoms with Crippen LogP contribution in [0.15, 0.2) is 36.2 Å². The molecule has 5 heteroatoms. The molecular weight excluding hydrogens is 189 g/mol. The summed E-state index contributed by atoms with van der Waals surface area (Å²) in [5.74, 6) is 0.450. The van der Waals surface area contributed by atoms with E-state index in [1.54, 1.807) is 38.3 Å². The highest BCUT2D eigenvalue weighted by Gasteiger charge is 1.98. The van der Waals surface area contributed by atoms with Crippen molar-refractivity contribution >= 4 is 13.7 Å². The molecule has 0 bridgehead atoms. The third-order valence-electron chi connectivity index (χ3n) is 2.04. The molecule has 5 N–H and O–H groups in total. The normalized spacial score (nSPS) is 11.1. The predicted octanol–water partition coefficient (Wildman–Crippen LogP) is -0.515. The van der Waals surface area contributed by atoms with Crippen LogP contribution >= 0.6 is 0 Å². The molecule has 0 heterocycles. The molecule has 4 nitrogen and oxygen atoms in total. The monoisotopic (exact) mass is 203 g/mol. The molecule has 0 fully saturated rings. The van der Waals surface area contributed by atoms with E-state index >= 15 is 0 Å². The highest BCUT2D eigenvalue weighted by atomic mass is 16.3. The quantitative estimate of drug-likeness (QED) is 0.392. The Morgan fingerprint density at radius 1 is 1.47 bits per heavy atom. The van der Waals surface area contributed by atoms with E-state index in [-0.39, 0.29) is 6.61 Å². The van der Waals surface area contributed by atoms with Gasteiger partial charge in [0.05, 0.1) is 18.1 Å². The van der Waals surface area contributed by atoms with Gasteiger partial charge >= 0.3 is 0 Å². The fourth-order valence-corrected chi connectivity index (χ4v) is 1.10. The first-order chi connectivity index (χ1) is 7.17. The molecule has 78 valence electrons. The molecule has 0 aliphatic rings. The van der Waals surface area contributed by atoms with Crippen molar-refractivity contribution in [1.82, 2.24) is 5.23 Å². The van der Waals surface area contributed by atoms with E-state index in [2.05, 4.69) is 5.23 Å². The smallest absolute Gasteiger partial charge is 0.215 e. The van der Waals surface area contributed by atoms with Crippen LogP contribution in [0.25, 0.3) is 0 Å². The Morgan fingerprint density at radius 2 is 2.07 bits per heavy atom. The molecule has 0 spiro atoms. The minimum Gasteiger partial charge on any atom is -0.422 e. The molecule has 0 saturated carbocycles. The fraction of sp³-hybridized carbons (Fsp3) is 0.100. The second-order valence-corrected chi connectivity index (χ2v) is 3.12. The van der Waals surface area contributed by atoms with E-state index in [1.807, 2.05) is 0 Å². The van der Waals surface area contributed by atoms with E-state index in [9.17, 15) is 0 Å². The summed E-state index contributed by atoms with van der Waals surface area (Å²) in [6.45, 7) is 0.0160. The van der Waals surface area contributed by atoms with Gasteiger partial charge in [0.25, 0.3) is 0 Å². The summed E-state index contributed by atoms with van der Waals surface area (Å²) in [4.78, 5) is 0. The first-order valence-electron chi connectivity index (χ1n) is 4.61. The number of benzene rings is 1. The Hall–Kier alpha value is -1.75. The maximum absolute atomic E-state index is 8.85. The zero-order valence-corrected chi connectivity index (χ0v) is 8.62. The van der Waals surface area contributed by atoms with Gasteiger partial charge in [0.15, 0.2) is 0 Å². The summed E-state index contributed by atoms with van der Waals surface area (Å²) in [6.07, 6.45) is 1.55. The lowest BCUT2D eigenvalue weighted by molar-refractivity contribution is 0.282. The molecule has 0 saturated heterocycles. The maximum atomic E-state index is 8.85. The van der Waals surface area contributed by atoms with Gasteiger partial charge in [-0.2, -0.15) is 0 Å². The molecule has 15 heavy (non-hydrogen) atoms. The molecule has 0 atom stereocenters. The third kappa shape index (κ3) is 3.14. The summed E-state index contributed by atoms with van der Waals surface area (Å²) in [6, 6.07) is 7.14. The predicted molar refractivity (Wildman–Crippen MR) is 63.1 cm³/mol. The fourth-order valence-electron chi connectivity index (χ4n) is 1.10. The zero-order chi connectivity index (χ0) is 11.3. The Labute approximate surface area is 89.7 Å². The Bertz CT molecular complexity index is 373. The average Bonchev–Trinajstić information content (AvgIpc) is 2.29. The van der Waals surface area contributed by atoms with E-state index in [0.29, 0.717) is 11.5 Å². The van der Waals surface area contributed by atoms with E-state index in [1.165, 1.54) is 0 Å². The number of aliphatic hydroxyl groups is 1. The van der Waals surface area contributed by atoms with Crippen LogP contribution < -0.4 is 11.0 Å². The number of nitrogens with two attached hydrogens (primary N) is 1. The van der Waals surface area contributed by atoms with Crippen molar-refractivity contribution < 1.29 is 5.11 Å². The van der Waals surface area contributed by atoms with Gasteiger partial charge in [-0.1, -0.05) is 24.3 Å². The van der Waals surface area contributed by atoms with Gasteiger partial charge in [-0.15, -0.1) is 0 Å². The second kappa shape index (κ2) is 5.21. The number of nitrogens with one attached hydrogen (secondary N) is 2. The number of rotatable bonds is 4. The molecule has 0 radical (unpaired) electrons. The summed E-state index contributed by atoms with van der Waals surface area (Å²) in [5.41, 5.74) is 7.48. The molecule has 0 unspecified atom stereocenters. The topological polar surface area (TPSA) is 82.1 Å². The number of hydrogen-bond donors (Lipinski definition) is 4. The van der Waals surface area contributed by atoms with Crippen molar-refractivity contribution in [3.05, 3.63) is 47.3 Å². The summed E-state index contributed by atoms with van der Waals surface area (Å²) >= 11 is 0. The van der Waals surface area contributed by atoms with Crippen molar-refractivity contribution in [2.45, 2.75) is 6.61 Å². The highest BCUT2D eigenvalue weighted by Crippen LogP contribution is 2.05. The molecule has 0 aliphatic carbocycles. The van der Waals surface area contributed by atoms with E-state index in [0.717, 1.165) is 11.1 Å². The van der Waals surface area contributed by atoms with Crippen molar-refractivity contribution in [1.29, 1.82) is 5.41 Å². The zero-order valence-electron chi connectivity index (χ0n) is 8.62. The van der Waals surface area contributed by atoms with Crippen molar-refractivity contribution in [3.63, 3.8) is 0 Å². The lowest BCUT2D eigenvalue weighted by Gasteiger charge is -2.03. The lowest BCUT2D eigenvalue weighted by Crippen LogP contribution is -2.17. The average molecular weight is 203 g/mol. The number of hydrogen-bond acceptors (Lipinski definition) is 4. The van der Waals surface area contributed by atoms with Crippen LogP contribution in [0.1, 0.15) is 11.1 Å². The molecule has 0 amide bonds. The van der Waals surface area contributed by atoms with E-state index < -0.39 is 0 Å². The summed E-state index contributed by atoms with van der Waals surface area (Å²) in [5, 5.41) is 19.3. The van der Waals surface area contributed by atoms with Crippen LogP contribution in [-0.2, 0) is 6.61 Å². The Balaban J connectivity index is 2.83. The van der Waals surface area contributed by atoms with Crippen LogP contribution in [-0.4, -0.2) is 18.8 Å². The van der Waals surface area contributed by atoms with Gasteiger partial charge in [-0.25, -0.2) is 0 Å². The van der Waals surface area contributed by atoms with Crippen molar-refractivity contribution in [2.75, 3.05) is 0 Å². The Morgan fingerprint density at radius 3 is 2.53 bits per heavy atom. The second-order valence-electron chi connectivity index (χ2n) is 3.12. The first kappa shape index (κ1) is 11.3. The van der Waals surface area contributed by atoms with Gasteiger partial charge in [0.2, 0.25) is 7.98 Å². The summed E-state index contributed by atoms with van der Waals surface area (Å²) in [7, 11) is 1.70. The Kier molecular flexibility index (Phi) is 3.94. The van der Waals surface area contributed by atoms with Crippen molar-refractivity contribution in [2.24, 2.45) is 5.73 Å². The van der Waals surface area contributed by atoms with Crippen LogP contribution in [0.3, 0.4) is 0 Å². The van der Waals surface area contributed by atoms with E-state index in [4.69, 9.17) is 16.2 Å². The van der Waals surface area contributed by atoms with Gasteiger partial charge in [-0.3, -0.25) is 0 Å². The molecule has 0 aromatic heterocycles. The SMILES string of the molecule is BN/C(N)=C\C(=N)c1ccc(CO)cc1. The minimum atomic E-state index is 0.0160. The molecule has 1 aromatic carbocycles. The highest BCUT2D eigenvalue weighted by molar-refractivity contribution is 6.09. The number of allylic oxidation sites excluding steroid dienone is 1. The molecular formula is C10H14BN3O. The van der Waals surface area contributed by atoms with Crippen LogP contribution in [0.4, 0.5) is 0 Å². The van der Waals surface area contributed by atoms with Gasteiger partial charge in [0.1, 0.15) is 0 Å². The number of aliphatic hydroxyl groups excluding tert-OH is 1. The van der Waals surface area contributed by atoms with Crippen molar-refractivity contribution in [3.8, 4) is 0 Å². The molecule has 1 rings (SSSR count). The largest absolute Gasteiger partial charge is 0.422 e. The summed E-state index contributed by atoms with van der Waals surface area (Å²) < 4.78 is 0. The van der Waals surface area contributed by atoms with Crippen LogP contribution in [0.5, 0.6) is 0 Å². The molecule has 1 aromatic rings. The van der Waals surface area contributed by atoms with Crippen LogP contribution in [0.2, 0.25) is 0 Å². The third-order valence-corrected chi connectivity index (χ3v) is 2.04. The van der Waals surface area contributed by atoms with Crippen LogP contribution in [0, 0.1) is 5.41 Å². The first-order valence-corrected chi connectivity index (χ1v) is 4.61. The van der Waals surface area contributed by atoms with Gasteiger partial charge in [-0.05, 0) is 11.1 Å². The van der Waals surface area contributed by atoms with Gasteiger partial charge in [0, 0.05) is 6.08 Å². The maximum Gasteiger partial charge on any atom is 0.215 e. The molecule has 0 aliphatic heterocycles. The lowest BCUT2D eigenvalue weighted by atomic mass is 10.1.